The van der Waals surface area contributed by atoms with Gasteiger partial charge in [-0.2, -0.15) is 0 Å². The van der Waals surface area contributed by atoms with Crippen LogP contribution in [-0.4, -0.2) is 37.6 Å². The first kappa shape index (κ1) is 15.9. The standard InChI is InChI=1S/C13H28N2O2S/c1-11(10-14)18(16,17)15-8-5-6-12(7-9-15)13(2,3)4/h11-12H,5-10,14H2,1-4H3. The molecule has 18 heavy (non-hydrogen) atoms. The molecule has 0 bridgehead atoms. The van der Waals surface area contributed by atoms with Gasteiger partial charge >= 0.3 is 0 Å². The van der Waals surface area contributed by atoms with Gasteiger partial charge < -0.3 is 5.73 Å². The van der Waals surface area contributed by atoms with Crippen molar-refractivity contribution in [2.45, 2.75) is 52.2 Å². The Balaban J connectivity index is 2.74. The van der Waals surface area contributed by atoms with E-state index < -0.39 is 15.3 Å². The summed E-state index contributed by atoms with van der Waals surface area (Å²) < 4.78 is 26.2. The first-order valence-electron chi connectivity index (χ1n) is 6.88. The average Bonchev–Trinajstić information content (AvgIpc) is 2.52. The lowest BCUT2D eigenvalue weighted by atomic mass is 9.77. The lowest BCUT2D eigenvalue weighted by Crippen LogP contribution is -2.41. The maximum absolute atomic E-state index is 12.3. The van der Waals surface area contributed by atoms with Crippen molar-refractivity contribution in [1.29, 1.82) is 0 Å². The topological polar surface area (TPSA) is 63.4 Å². The maximum atomic E-state index is 12.3. The van der Waals surface area contributed by atoms with Gasteiger partial charge in [-0.05, 0) is 37.5 Å². The van der Waals surface area contributed by atoms with Crippen LogP contribution in [0.2, 0.25) is 0 Å². The van der Waals surface area contributed by atoms with Gasteiger partial charge in [-0.3, -0.25) is 0 Å². The molecule has 1 aliphatic heterocycles. The highest BCUT2D eigenvalue weighted by Gasteiger charge is 2.33. The summed E-state index contributed by atoms with van der Waals surface area (Å²) in [5.74, 6) is 0.603. The number of nitrogens with two attached hydrogens (primary N) is 1. The zero-order valence-electron chi connectivity index (χ0n) is 12.1. The Labute approximate surface area is 112 Å². The highest BCUT2D eigenvalue weighted by Crippen LogP contribution is 2.34. The van der Waals surface area contributed by atoms with Crippen LogP contribution in [0.25, 0.3) is 0 Å². The Bertz CT molecular complexity index is 360. The van der Waals surface area contributed by atoms with Gasteiger partial charge in [-0.25, -0.2) is 12.7 Å². The van der Waals surface area contributed by atoms with Gasteiger partial charge in [-0.1, -0.05) is 20.8 Å². The second kappa shape index (κ2) is 5.88. The summed E-state index contributed by atoms with van der Waals surface area (Å²) in [4.78, 5) is 0. The van der Waals surface area contributed by atoms with Crippen molar-refractivity contribution in [3.8, 4) is 0 Å². The zero-order valence-corrected chi connectivity index (χ0v) is 13.0. The van der Waals surface area contributed by atoms with Crippen LogP contribution in [0, 0.1) is 11.3 Å². The van der Waals surface area contributed by atoms with Crippen LogP contribution in [0.4, 0.5) is 0 Å². The molecule has 0 radical (unpaired) electrons. The van der Waals surface area contributed by atoms with E-state index in [9.17, 15) is 8.42 Å². The molecule has 4 nitrogen and oxygen atoms in total. The highest BCUT2D eigenvalue weighted by atomic mass is 32.2. The minimum atomic E-state index is -3.20. The normalized spacial score (nSPS) is 25.7. The fourth-order valence-electron chi connectivity index (χ4n) is 2.57. The first-order valence-corrected chi connectivity index (χ1v) is 8.39. The largest absolute Gasteiger partial charge is 0.329 e. The zero-order chi connectivity index (χ0) is 14.0. The molecule has 1 heterocycles. The van der Waals surface area contributed by atoms with Crippen LogP contribution < -0.4 is 5.73 Å². The predicted molar refractivity (Wildman–Crippen MR) is 75.8 cm³/mol. The summed E-state index contributed by atoms with van der Waals surface area (Å²) in [6.07, 6.45) is 3.03. The van der Waals surface area contributed by atoms with Gasteiger partial charge in [0.05, 0.1) is 5.25 Å². The van der Waals surface area contributed by atoms with Crippen molar-refractivity contribution in [2.75, 3.05) is 19.6 Å². The van der Waals surface area contributed by atoms with Gasteiger partial charge in [0.15, 0.2) is 0 Å². The van der Waals surface area contributed by atoms with E-state index in [4.69, 9.17) is 5.73 Å². The molecule has 108 valence electrons. The fourth-order valence-corrected chi connectivity index (χ4v) is 4.06. The number of hydrogen-bond donors (Lipinski definition) is 1. The Morgan fingerprint density at radius 2 is 1.89 bits per heavy atom. The molecule has 2 N–H and O–H groups in total. The molecule has 1 aliphatic rings. The molecule has 0 aromatic carbocycles. The molecule has 1 fully saturated rings. The fraction of sp³-hybridized carbons (Fsp3) is 1.00. The molecule has 1 saturated heterocycles. The van der Waals surface area contributed by atoms with E-state index in [0.717, 1.165) is 19.3 Å². The molecule has 5 heteroatoms. The van der Waals surface area contributed by atoms with Crippen LogP contribution >= 0.6 is 0 Å². The van der Waals surface area contributed by atoms with Gasteiger partial charge in [0.2, 0.25) is 10.0 Å². The van der Waals surface area contributed by atoms with E-state index in [2.05, 4.69) is 20.8 Å². The van der Waals surface area contributed by atoms with E-state index in [0.29, 0.717) is 19.0 Å². The summed E-state index contributed by atoms with van der Waals surface area (Å²) in [6, 6.07) is 0. The van der Waals surface area contributed by atoms with E-state index in [1.54, 1.807) is 11.2 Å². The Morgan fingerprint density at radius 1 is 1.28 bits per heavy atom. The lowest BCUT2D eigenvalue weighted by Gasteiger charge is -2.30. The molecule has 0 spiro atoms. The summed E-state index contributed by atoms with van der Waals surface area (Å²) >= 11 is 0. The van der Waals surface area contributed by atoms with Crippen molar-refractivity contribution >= 4 is 10.0 Å². The third-order valence-electron chi connectivity index (χ3n) is 4.11. The van der Waals surface area contributed by atoms with Crippen LogP contribution in [0.5, 0.6) is 0 Å². The third-order valence-corrected chi connectivity index (χ3v) is 6.41. The van der Waals surface area contributed by atoms with Crippen molar-refractivity contribution in [3.05, 3.63) is 0 Å². The van der Waals surface area contributed by atoms with E-state index >= 15 is 0 Å². The van der Waals surface area contributed by atoms with Crippen LogP contribution in [0.3, 0.4) is 0 Å². The Kier molecular flexibility index (Phi) is 5.21. The number of hydrogen-bond acceptors (Lipinski definition) is 3. The SMILES string of the molecule is CC(CN)S(=O)(=O)N1CCCC(C(C)(C)C)CC1. The number of rotatable bonds is 3. The van der Waals surface area contributed by atoms with Crippen molar-refractivity contribution < 1.29 is 8.42 Å². The van der Waals surface area contributed by atoms with Crippen molar-refractivity contribution in [3.63, 3.8) is 0 Å². The highest BCUT2D eigenvalue weighted by molar-refractivity contribution is 7.89. The van der Waals surface area contributed by atoms with Crippen molar-refractivity contribution in [2.24, 2.45) is 17.1 Å². The molecular formula is C13H28N2O2S. The minimum absolute atomic E-state index is 0.196. The molecule has 0 amide bonds. The second-order valence-electron chi connectivity index (χ2n) is 6.48. The molecule has 2 unspecified atom stereocenters. The molecule has 0 aliphatic carbocycles. The smallest absolute Gasteiger partial charge is 0.217 e. The first-order chi connectivity index (χ1) is 8.19. The van der Waals surface area contributed by atoms with E-state index in [-0.39, 0.29) is 12.0 Å². The summed E-state index contributed by atoms with van der Waals surface area (Å²) in [5, 5.41) is -0.469. The van der Waals surface area contributed by atoms with Crippen LogP contribution in [0.1, 0.15) is 47.0 Å². The quantitative estimate of drug-likeness (QED) is 0.855. The molecule has 1 rings (SSSR count). The Morgan fingerprint density at radius 3 is 2.39 bits per heavy atom. The van der Waals surface area contributed by atoms with Gasteiger partial charge in [-0.15, -0.1) is 0 Å². The molecule has 2 atom stereocenters. The monoisotopic (exact) mass is 276 g/mol. The van der Waals surface area contributed by atoms with Gasteiger partial charge in [0.25, 0.3) is 0 Å². The lowest BCUT2D eigenvalue weighted by molar-refractivity contribution is 0.216. The molecule has 0 aromatic rings. The maximum Gasteiger partial charge on any atom is 0.217 e. The van der Waals surface area contributed by atoms with E-state index in [1.807, 2.05) is 0 Å². The summed E-state index contributed by atoms with van der Waals surface area (Å²) in [6.45, 7) is 9.91. The predicted octanol–water partition coefficient (Wildman–Crippen LogP) is 1.81. The number of sulfonamides is 1. The van der Waals surface area contributed by atoms with E-state index in [1.165, 1.54) is 0 Å². The average molecular weight is 276 g/mol. The minimum Gasteiger partial charge on any atom is -0.329 e. The second-order valence-corrected chi connectivity index (χ2v) is 8.84. The molecule has 0 aromatic heterocycles. The number of nitrogens with zero attached hydrogens (tertiary/aromatic N) is 1. The molecular weight excluding hydrogens is 248 g/mol. The molecule has 0 saturated carbocycles. The summed E-state index contributed by atoms with van der Waals surface area (Å²) in [7, 11) is -3.20. The summed E-state index contributed by atoms with van der Waals surface area (Å²) in [5.41, 5.74) is 5.76. The Hall–Kier alpha value is -0.130. The van der Waals surface area contributed by atoms with Crippen LogP contribution in [0.15, 0.2) is 0 Å². The third kappa shape index (κ3) is 3.68. The van der Waals surface area contributed by atoms with Crippen LogP contribution in [-0.2, 0) is 10.0 Å². The van der Waals surface area contributed by atoms with Crippen molar-refractivity contribution in [1.82, 2.24) is 4.31 Å². The van der Waals surface area contributed by atoms with Gasteiger partial charge in [0, 0.05) is 19.6 Å². The van der Waals surface area contributed by atoms with Gasteiger partial charge in [0.1, 0.15) is 0 Å².